The zero-order valence-corrected chi connectivity index (χ0v) is 23.0. The Morgan fingerprint density at radius 2 is 1.65 bits per heavy atom. The first-order valence-electron chi connectivity index (χ1n) is 12.6. The van der Waals surface area contributed by atoms with Crippen LogP contribution in [-0.4, -0.2) is 17.6 Å². The number of primary amides is 1. The second-order valence-electron chi connectivity index (χ2n) is 9.80. The second kappa shape index (κ2) is 11.3. The number of hydrogen-bond donors (Lipinski definition) is 1. The molecule has 1 aromatic heterocycles. The molecule has 1 heterocycles. The molecule has 0 unspecified atom stereocenters. The number of amides is 1. The van der Waals surface area contributed by atoms with Gasteiger partial charge in [0.25, 0.3) is 5.82 Å². The van der Waals surface area contributed by atoms with Gasteiger partial charge in [-0.05, 0) is 54.0 Å². The van der Waals surface area contributed by atoms with Gasteiger partial charge in [-0.2, -0.15) is 0 Å². The largest absolute Gasteiger partial charge is 1.00 e. The predicted octanol–water partition coefficient (Wildman–Crippen LogP) is 1.96. The molecule has 2 N–H and O–H groups in total. The van der Waals surface area contributed by atoms with E-state index in [2.05, 4.69) is 40.6 Å². The first-order valence-corrected chi connectivity index (χ1v) is 12.6. The van der Waals surface area contributed by atoms with Gasteiger partial charge in [-0.25, -0.2) is 9.13 Å². The molecule has 5 rings (SSSR count). The summed E-state index contributed by atoms with van der Waals surface area (Å²) in [5.41, 5.74) is 8.59. The van der Waals surface area contributed by atoms with Gasteiger partial charge in [0.1, 0.15) is 36.1 Å². The number of nitrogens with zero attached hydrogens (tertiary/aromatic N) is 2. The van der Waals surface area contributed by atoms with Gasteiger partial charge < -0.3 is 27.5 Å². The van der Waals surface area contributed by atoms with Crippen molar-refractivity contribution in [3.05, 3.63) is 120 Å². The Bertz CT molecular complexity index is 1300. The average Bonchev–Trinajstić information content (AvgIpc) is 3.53. The van der Waals surface area contributed by atoms with E-state index in [1.54, 1.807) is 7.11 Å². The van der Waals surface area contributed by atoms with Crippen LogP contribution in [0.25, 0.3) is 0 Å². The fraction of sp³-hybridized carbons (Fsp3) is 0.290. The topological polar surface area (TPSA) is 61.1 Å². The van der Waals surface area contributed by atoms with Crippen molar-refractivity contribution < 1.29 is 31.1 Å². The van der Waals surface area contributed by atoms with Crippen LogP contribution < -0.4 is 32.0 Å². The molecule has 1 fully saturated rings. The van der Waals surface area contributed by atoms with Gasteiger partial charge in [-0.3, -0.25) is 4.79 Å². The molecule has 0 spiro atoms. The SMILES string of the molecule is COc1cccc(Cn2cc[n+]([C@H]3CC[C@@H](C(C(N)=O)(c4ccccc4)c4ccccc4)C3)c2C)c1.[Br-]. The van der Waals surface area contributed by atoms with E-state index in [9.17, 15) is 4.79 Å². The van der Waals surface area contributed by atoms with E-state index in [1.165, 1.54) is 11.4 Å². The van der Waals surface area contributed by atoms with Gasteiger partial charge in [-0.15, -0.1) is 0 Å². The maximum atomic E-state index is 13.4. The Labute approximate surface area is 229 Å². The minimum atomic E-state index is -0.852. The highest BCUT2D eigenvalue weighted by Crippen LogP contribution is 2.48. The normalized spacial score (nSPS) is 17.2. The Balaban J connectivity index is 0.00000320. The standard InChI is InChI=1S/C31H33N3O2.BrH/c1-23-33(22-24-10-9-15-29(20-24)36-2)18-19-34(23)28-17-16-27(21-28)31(30(32)35,25-11-5-3-6-12-25)26-13-7-4-8-14-26;/h3-15,18-20,27-28H,16-17,21-22H2,1-2H3,(H-,32,35);1H/t27-,28+;/m1./s1. The van der Waals surface area contributed by atoms with Gasteiger partial charge in [0.15, 0.2) is 0 Å². The van der Waals surface area contributed by atoms with Crippen LogP contribution in [0.1, 0.15) is 47.8 Å². The monoisotopic (exact) mass is 559 g/mol. The summed E-state index contributed by atoms with van der Waals surface area (Å²) in [6, 6.07) is 28.7. The zero-order valence-electron chi connectivity index (χ0n) is 21.4. The predicted molar refractivity (Wildman–Crippen MR) is 141 cm³/mol. The number of hydrogen-bond acceptors (Lipinski definition) is 2. The third-order valence-corrected chi connectivity index (χ3v) is 7.94. The van der Waals surface area contributed by atoms with E-state index in [0.717, 1.165) is 42.7 Å². The number of benzene rings is 3. The van der Waals surface area contributed by atoms with Crippen LogP contribution in [0.3, 0.4) is 0 Å². The molecule has 1 amide bonds. The molecule has 2 atom stereocenters. The third-order valence-electron chi connectivity index (χ3n) is 7.94. The van der Waals surface area contributed by atoms with Crippen molar-refractivity contribution in [1.82, 2.24) is 4.57 Å². The molecule has 0 bridgehead atoms. The fourth-order valence-corrected chi connectivity index (χ4v) is 6.17. The summed E-state index contributed by atoms with van der Waals surface area (Å²) in [5, 5.41) is 0. The van der Waals surface area contributed by atoms with E-state index in [4.69, 9.17) is 10.5 Å². The van der Waals surface area contributed by atoms with Gasteiger partial charge in [0.05, 0.1) is 7.11 Å². The molecule has 0 saturated heterocycles. The molecule has 192 valence electrons. The van der Waals surface area contributed by atoms with E-state index in [1.807, 2.05) is 72.8 Å². The summed E-state index contributed by atoms with van der Waals surface area (Å²) in [7, 11) is 1.70. The van der Waals surface area contributed by atoms with Crippen LogP contribution in [0.5, 0.6) is 5.75 Å². The maximum absolute atomic E-state index is 13.4. The van der Waals surface area contributed by atoms with Crippen molar-refractivity contribution in [2.75, 3.05) is 7.11 Å². The lowest BCUT2D eigenvalue weighted by molar-refractivity contribution is -0.727. The maximum Gasteiger partial charge on any atom is 0.253 e. The number of methoxy groups -OCH3 is 1. The number of rotatable bonds is 8. The molecule has 0 aliphatic heterocycles. The van der Waals surface area contributed by atoms with Crippen molar-refractivity contribution in [2.45, 2.75) is 44.2 Å². The number of halogens is 1. The van der Waals surface area contributed by atoms with Gasteiger partial charge in [0, 0.05) is 6.92 Å². The summed E-state index contributed by atoms with van der Waals surface area (Å²) in [6.45, 7) is 2.95. The lowest BCUT2D eigenvalue weighted by Gasteiger charge is -2.37. The summed E-state index contributed by atoms with van der Waals surface area (Å²) >= 11 is 0. The number of ether oxygens (including phenoxy) is 1. The van der Waals surface area contributed by atoms with E-state index in [0.29, 0.717) is 6.04 Å². The van der Waals surface area contributed by atoms with Crippen LogP contribution >= 0.6 is 0 Å². The highest BCUT2D eigenvalue weighted by Gasteiger charge is 2.51. The van der Waals surface area contributed by atoms with Gasteiger partial charge in [0.2, 0.25) is 5.91 Å². The van der Waals surface area contributed by atoms with Gasteiger partial charge >= 0.3 is 0 Å². The highest BCUT2D eigenvalue weighted by atomic mass is 79.9. The molecule has 1 aliphatic rings. The first kappa shape index (κ1) is 26.7. The van der Waals surface area contributed by atoms with E-state index in [-0.39, 0.29) is 28.8 Å². The molecule has 4 aromatic rings. The van der Waals surface area contributed by atoms with Crippen LogP contribution in [0.2, 0.25) is 0 Å². The van der Waals surface area contributed by atoms with Crippen LogP contribution in [0.4, 0.5) is 0 Å². The van der Waals surface area contributed by atoms with Gasteiger partial charge in [-0.1, -0.05) is 72.8 Å². The number of carbonyl (C=O) groups is 1. The minimum Gasteiger partial charge on any atom is -1.00 e. The summed E-state index contributed by atoms with van der Waals surface area (Å²) in [5.74, 6) is 1.90. The molecule has 1 aliphatic carbocycles. The number of imidazole rings is 1. The fourth-order valence-electron chi connectivity index (χ4n) is 6.17. The lowest BCUT2D eigenvalue weighted by Crippen LogP contribution is -3.00. The molecule has 6 heteroatoms. The average molecular weight is 561 g/mol. The second-order valence-corrected chi connectivity index (χ2v) is 9.80. The highest BCUT2D eigenvalue weighted by molar-refractivity contribution is 5.91. The van der Waals surface area contributed by atoms with E-state index >= 15 is 0 Å². The minimum absolute atomic E-state index is 0. The Kier molecular flexibility index (Phi) is 8.18. The van der Waals surface area contributed by atoms with Crippen molar-refractivity contribution in [2.24, 2.45) is 11.7 Å². The van der Waals surface area contributed by atoms with Crippen LogP contribution in [0.15, 0.2) is 97.3 Å². The molecule has 1 saturated carbocycles. The number of carbonyl (C=O) groups excluding carboxylic acids is 1. The smallest absolute Gasteiger partial charge is 0.253 e. The van der Waals surface area contributed by atoms with Crippen LogP contribution in [0, 0.1) is 12.8 Å². The van der Waals surface area contributed by atoms with Crippen molar-refractivity contribution in [3.63, 3.8) is 0 Å². The Morgan fingerprint density at radius 1 is 1.00 bits per heavy atom. The summed E-state index contributed by atoms with van der Waals surface area (Å²) < 4.78 is 10.0. The zero-order chi connectivity index (χ0) is 25.1. The molecule has 5 nitrogen and oxygen atoms in total. The quantitative estimate of drug-likeness (QED) is 0.335. The molecular weight excluding hydrogens is 526 g/mol. The van der Waals surface area contributed by atoms with Crippen molar-refractivity contribution in [1.29, 1.82) is 0 Å². The molecule has 0 radical (unpaired) electrons. The first-order chi connectivity index (χ1) is 17.5. The Morgan fingerprint density at radius 3 is 2.24 bits per heavy atom. The lowest BCUT2D eigenvalue weighted by atomic mass is 9.64. The summed E-state index contributed by atoms with van der Waals surface area (Å²) in [6.07, 6.45) is 7.16. The molecule has 37 heavy (non-hydrogen) atoms. The van der Waals surface area contributed by atoms with Crippen molar-refractivity contribution in [3.8, 4) is 5.75 Å². The van der Waals surface area contributed by atoms with Crippen molar-refractivity contribution >= 4 is 5.91 Å². The summed E-state index contributed by atoms with van der Waals surface area (Å²) in [4.78, 5) is 13.4. The third kappa shape index (κ3) is 4.95. The van der Waals surface area contributed by atoms with E-state index < -0.39 is 5.41 Å². The number of nitrogens with two attached hydrogens (primary N) is 1. The molecular formula is C31H34BrN3O2. The molecule has 3 aromatic carbocycles. The Hall–Kier alpha value is -3.38. The van der Waals surface area contributed by atoms with Crippen LogP contribution in [-0.2, 0) is 16.8 Å². The number of aromatic nitrogens is 2.